The molecule has 0 atom stereocenters. The second kappa shape index (κ2) is 75.4. The van der Waals surface area contributed by atoms with Gasteiger partial charge in [0.25, 0.3) is 0 Å². The third-order valence-corrected chi connectivity index (χ3v) is 16.8. The van der Waals surface area contributed by atoms with Crippen LogP contribution in [0.25, 0.3) is 0 Å². The number of allylic oxidation sites excluding steroid dienone is 8. The summed E-state index contributed by atoms with van der Waals surface area (Å²) in [4.78, 5) is 17.1. The number of carbonyl (C=O) groups is 1. The highest BCUT2D eigenvalue weighted by Gasteiger charge is 2.23. The molecule has 0 unspecified atom stereocenters. The lowest BCUT2D eigenvalue weighted by Crippen LogP contribution is -2.38. The molecule has 0 spiro atoms. The molecular formula is C76H149N3O. The number of hydrogen-bond donors (Lipinski definition) is 2. The Morgan fingerprint density at radius 3 is 0.637 bits per heavy atom. The molecule has 4 N–H and O–H groups in total. The molecule has 0 aliphatic carbocycles. The lowest BCUT2D eigenvalue weighted by molar-refractivity contribution is -0.136. The van der Waals surface area contributed by atoms with Crippen molar-refractivity contribution in [2.75, 3.05) is 26.2 Å². The van der Waals surface area contributed by atoms with Gasteiger partial charge in [0.1, 0.15) is 0 Å². The third-order valence-electron chi connectivity index (χ3n) is 16.8. The number of amides is 1. The summed E-state index contributed by atoms with van der Waals surface area (Å²) in [6.45, 7) is 12.4. The van der Waals surface area contributed by atoms with Gasteiger partial charge >= 0.3 is 0 Å². The van der Waals surface area contributed by atoms with Crippen LogP contribution in [-0.2, 0) is 4.79 Å². The third kappa shape index (κ3) is 68.8. The van der Waals surface area contributed by atoms with Crippen LogP contribution in [0.3, 0.4) is 0 Å². The first-order valence-electron chi connectivity index (χ1n) is 36.9. The van der Waals surface area contributed by atoms with Gasteiger partial charge in [0.15, 0.2) is 0 Å². The van der Waals surface area contributed by atoms with Crippen molar-refractivity contribution in [1.82, 2.24) is 4.90 Å². The maximum Gasteiger partial charge on any atom is 0.225 e. The zero-order valence-corrected chi connectivity index (χ0v) is 55.5. The predicted molar refractivity (Wildman–Crippen MR) is 365 cm³/mol. The minimum absolute atomic E-state index is 0.233. The molecule has 0 fully saturated rings. The summed E-state index contributed by atoms with van der Waals surface area (Å²) in [5, 5.41) is 0. The zero-order valence-electron chi connectivity index (χ0n) is 55.5. The number of nitrogens with two attached hydrogens (primary N) is 2. The first kappa shape index (κ1) is 80.4. The molecule has 0 aliphatic rings. The maximum absolute atomic E-state index is 14.7. The smallest absolute Gasteiger partial charge is 0.225 e. The van der Waals surface area contributed by atoms with Gasteiger partial charge in [-0.2, -0.15) is 0 Å². The van der Waals surface area contributed by atoms with Crippen LogP contribution in [0.15, 0.2) is 48.6 Å². The van der Waals surface area contributed by atoms with E-state index in [1.807, 2.05) is 0 Å². The van der Waals surface area contributed by atoms with Crippen LogP contribution in [0.1, 0.15) is 400 Å². The Morgan fingerprint density at radius 2 is 0.438 bits per heavy atom. The van der Waals surface area contributed by atoms with Crippen molar-refractivity contribution in [2.24, 2.45) is 17.4 Å². The molecule has 4 nitrogen and oxygen atoms in total. The van der Waals surface area contributed by atoms with Gasteiger partial charge in [0.2, 0.25) is 5.91 Å². The molecule has 0 aromatic rings. The standard InChI is InChI=1S/C74H141NO.C2H8N2/c1-5-9-13-17-21-25-29-33-37-41-45-49-53-57-61-65-69-73(70-66-62-58-54-50-46-42-38-34-30-26-22-18-14-10-6-2)74(76)75(71-67-63-59-55-51-47-43-39-35-31-27-23-19-15-11-7-3)72-68-64-60-56-52-48-44-40-36-32-28-24-20-16-12-8-4;3-1-2-4/h33-40,73H,5-32,41-72H2,1-4H3;1-4H2/b37-33-,38-34-,39-35-,40-36-;. The average Bonchev–Trinajstić information content (AvgIpc) is 3.47. The molecule has 0 saturated heterocycles. The second-order valence-electron chi connectivity index (χ2n) is 24.9. The Labute approximate surface area is 505 Å². The van der Waals surface area contributed by atoms with Gasteiger partial charge in [0.05, 0.1) is 0 Å². The fraction of sp³-hybridized carbons (Fsp3) is 0.882. The molecule has 0 saturated carbocycles. The van der Waals surface area contributed by atoms with Crippen LogP contribution < -0.4 is 11.5 Å². The van der Waals surface area contributed by atoms with Gasteiger partial charge < -0.3 is 16.4 Å². The highest BCUT2D eigenvalue weighted by molar-refractivity contribution is 5.78. The van der Waals surface area contributed by atoms with Crippen molar-refractivity contribution < 1.29 is 4.79 Å². The summed E-state index contributed by atoms with van der Waals surface area (Å²) in [7, 11) is 0. The average molecular weight is 1120 g/mol. The van der Waals surface area contributed by atoms with E-state index in [0.717, 1.165) is 25.9 Å². The fourth-order valence-electron chi connectivity index (χ4n) is 11.4. The Bertz CT molecular complexity index is 1060. The number of rotatable bonds is 66. The summed E-state index contributed by atoms with van der Waals surface area (Å²) in [5.74, 6) is 0.762. The normalized spacial score (nSPS) is 11.9. The van der Waals surface area contributed by atoms with E-state index in [4.69, 9.17) is 11.5 Å². The molecule has 0 aromatic carbocycles. The van der Waals surface area contributed by atoms with E-state index in [-0.39, 0.29) is 5.92 Å². The largest absolute Gasteiger partial charge is 0.342 e. The topological polar surface area (TPSA) is 72.3 Å². The van der Waals surface area contributed by atoms with Gasteiger partial charge in [-0.3, -0.25) is 4.79 Å². The van der Waals surface area contributed by atoms with Crippen LogP contribution in [0.5, 0.6) is 0 Å². The van der Waals surface area contributed by atoms with Crippen LogP contribution >= 0.6 is 0 Å². The van der Waals surface area contributed by atoms with E-state index in [1.54, 1.807) is 0 Å². The van der Waals surface area contributed by atoms with Crippen molar-refractivity contribution in [3.05, 3.63) is 48.6 Å². The van der Waals surface area contributed by atoms with Crippen LogP contribution in [0.4, 0.5) is 0 Å². The molecule has 1 amide bonds. The van der Waals surface area contributed by atoms with Crippen LogP contribution in [0.2, 0.25) is 0 Å². The Balaban J connectivity index is 0. The van der Waals surface area contributed by atoms with E-state index >= 15 is 0 Å². The lowest BCUT2D eigenvalue weighted by atomic mass is 9.92. The number of carbonyl (C=O) groups excluding carboxylic acids is 1. The zero-order chi connectivity index (χ0) is 58.2. The van der Waals surface area contributed by atoms with Gasteiger partial charge in [0, 0.05) is 32.1 Å². The van der Waals surface area contributed by atoms with Crippen molar-refractivity contribution >= 4 is 5.91 Å². The second-order valence-corrected chi connectivity index (χ2v) is 24.9. The maximum atomic E-state index is 14.7. The quantitative estimate of drug-likeness (QED) is 0.0471. The van der Waals surface area contributed by atoms with E-state index in [9.17, 15) is 4.79 Å². The molecule has 0 bridgehead atoms. The van der Waals surface area contributed by atoms with Crippen molar-refractivity contribution in [3.8, 4) is 0 Å². The highest BCUT2D eigenvalue weighted by atomic mass is 16.2. The number of nitrogens with zero attached hydrogens (tertiary/aromatic N) is 1. The van der Waals surface area contributed by atoms with E-state index in [2.05, 4.69) is 81.2 Å². The SMILES string of the molecule is CCCCCCCC/C=C\CCCCCCCCC(CCCCCCCC/C=C\CCCCCCCC)C(=O)N(CCCCCCCC/C=C\CCCCCCCC)CCCCCCCC/C=C\CCCCCCCC.NCCN. The van der Waals surface area contributed by atoms with Crippen molar-refractivity contribution in [3.63, 3.8) is 0 Å². The molecule has 474 valence electrons. The van der Waals surface area contributed by atoms with Crippen molar-refractivity contribution in [2.45, 2.75) is 400 Å². The predicted octanol–water partition coefficient (Wildman–Crippen LogP) is 25.3. The minimum Gasteiger partial charge on any atom is -0.342 e. The lowest BCUT2D eigenvalue weighted by Gasteiger charge is -2.28. The van der Waals surface area contributed by atoms with Gasteiger partial charge in [-0.1, -0.05) is 320 Å². The molecule has 4 heteroatoms. The molecule has 0 radical (unpaired) electrons. The fourth-order valence-corrected chi connectivity index (χ4v) is 11.4. The van der Waals surface area contributed by atoms with Crippen LogP contribution in [-0.4, -0.2) is 37.0 Å². The molecule has 0 rings (SSSR count). The number of hydrogen-bond acceptors (Lipinski definition) is 3. The monoisotopic (exact) mass is 1120 g/mol. The summed E-state index contributed by atoms with van der Waals surface area (Å²) < 4.78 is 0. The van der Waals surface area contributed by atoms with Gasteiger partial charge in [-0.25, -0.2) is 0 Å². The highest BCUT2D eigenvalue weighted by Crippen LogP contribution is 2.24. The Kier molecular flexibility index (Phi) is 75.8. The molecule has 0 heterocycles. The van der Waals surface area contributed by atoms with Gasteiger partial charge in [-0.15, -0.1) is 0 Å². The molecule has 0 aliphatic heterocycles. The Hall–Kier alpha value is -1.65. The first-order chi connectivity index (χ1) is 39.6. The summed E-state index contributed by atoms with van der Waals surface area (Å²) in [6, 6.07) is 0. The summed E-state index contributed by atoms with van der Waals surface area (Å²) in [6.07, 6.45) is 96.9. The van der Waals surface area contributed by atoms with E-state index in [0.29, 0.717) is 19.0 Å². The minimum atomic E-state index is 0.233. The molecule has 0 aromatic heterocycles. The summed E-state index contributed by atoms with van der Waals surface area (Å²) in [5.41, 5.74) is 9.81. The first-order valence-corrected chi connectivity index (χ1v) is 36.9. The number of unbranched alkanes of at least 4 members (excludes halogenated alkanes) is 48. The summed E-state index contributed by atoms with van der Waals surface area (Å²) >= 11 is 0. The van der Waals surface area contributed by atoms with Gasteiger partial charge in [-0.05, 0) is 128 Å². The Morgan fingerprint density at radius 1 is 0.263 bits per heavy atom. The molecular weight excluding hydrogens is 971 g/mol. The van der Waals surface area contributed by atoms with E-state index in [1.165, 1.54) is 360 Å². The van der Waals surface area contributed by atoms with Crippen LogP contribution in [0, 0.1) is 5.92 Å². The molecule has 80 heavy (non-hydrogen) atoms. The van der Waals surface area contributed by atoms with Crippen molar-refractivity contribution in [1.29, 1.82) is 0 Å². The van der Waals surface area contributed by atoms with E-state index < -0.39 is 0 Å².